The van der Waals surface area contributed by atoms with Crippen molar-refractivity contribution < 1.29 is 8.87 Å². The maximum Gasteiger partial charge on any atom is 0.180 e. The smallest absolute Gasteiger partial charge is 0.180 e. The van der Waals surface area contributed by atoms with Crippen molar-refractivity contribution in [2.45, 2.75) is 19.1 Å². The molecular formula is C4H7F2N. The fourth-order valence-corrected chi connectivity index (χ4v) is 0.691. The van der Waals surface area contributed by atoms with Crippen LogP contribution in [0.4, 0.5) is 8.87 Å². The van der Waals surface area contributed by atoms with E-state index >= 15 is 0 Å². The van der Waals surface area contributed by atoms with Crippen molar-refractivity contribution in [2.24, 2.45) is 0 Å². The van der Waals surface area contributed by atoms with Crippen molar-refractivity contribution in [1.82, 2.24) is 5.12 Å². The minimum atomic E-state index is -1.32. The Hall–Kier alpha value is -0.180. The Morgan fingerprint density at radius 2 is 2.29 bits per heavy atom. The molecule has 1 rings (SSSR count). The number of nitrogens with zero attached hydrogens (tertiary/aromatic N) is 1. The van der Waals surface area contributed by atoms with Crippen molar-refractivity contribution in [3.63, 3.8) is 0 Å². The summed E-state index contributed by atoms with van der Waals surface area (Å²) in [6.07, 6.45) is -0.311. The van der Waals surface area contributed by atoms with Gasteiger partial charge in [-0.15, -0.1) is 9.60 Å². The third-order valence-corrected chi connectivity index (χ3v) is 1.12. The zero-order valence-corrected chi connectivity index (χ0v) is 3.90. The van der Waals surface area contributed by atoms with Crippen LogP contribution in [0.25, 0.3) is 0 Å². The van der Waals surface area contributed by atoms with E-state index in [1.165, 1.54) is 0 Å². The quantitative estimate of drug-likeness (QED) is 0.333. The summed E-state index contributed by atoms with van der Waals surface area (Å²) < 4.78 is 23.6. The lowest BCUT2D eigenvalue weighted by Crippen LogP contribution is -2.14. The number of alkyl halides is 1. The monoisotopic (exact) mass is 107 g/mol. The van der Waals surface area contributed by atoms with Gasteiger partial charge in [0.05, 0.1) is 0 Å². The Kier molecular flexibility index (Phi) is 1.23. The van der Waals surface area contributed by atoms with Gasteiger partial charge in [-0.1, -0.05) is 0 Å². The van der Waals surface area contributed by atoms with Crippen LogP contribution in [0.3, 0.4) is 0 Å². The van der Waals surface area contributed by atoms with E-state index in [2.05, 4.69) is 0 Å². The molecule has 0 aliphatic carbocycles. The van der Waals surface area contributed by atoms with Crippen molar-refractivity contribution in [3.05, 3.63) is 0 Å². The first-order valence-corrected chi connectivity index (χ1v) is 2.37. The molecule has 1 aliphatic heterocycles. The summed E-state index contributed by atoms with van der Waals surface area (Å²) in [5.41, 5.74) is 0. The van der Waals surface area contributed by atoms with E-state index < -0.39 is 6.30 Å². The molecule has 0 aromatic carbocycles. The maximum absolute atomic E-state index is 11.9. The standard InChI is InChI=1S/C4H7F2N/c5-4-2-1-3-7(4)6/h4H,1-3H2/t4-/m1/s1. The van der Waals surface area contributed by atoms with Crippen LogP contribution in [-0.4, -0.2) is 18.0 Å². The second-order valence-corrected chi connectivity index (χ2v) is 1.70. The first kappa shape index (κ1) is 4.97. The predicted molar refractivity (Wildman–Crippen MR) is 21.9 cm³/mol. The Balaban J connectivity index is 2.33. The van der Waals surface area contributed by atoms with Crippen LogP contribution in [0.1, 0.15) is 12.8 Å². The van der Waals surface area contributed by atoms with Gasteiger partial charge in [0, 0.05) is 6.54 Å². The highest BCUT2D eigenvalue weighted by Crippen LogP contribution is 2.17. The summed E-state index contributed by atoms with van der Waals surface area (Å²) in [7, 11) is 0. The molecule has 0 saturated carbocycles. The molecule has 1 nitrogen and oxygen atoms in total. The molecule has 0 unspecified atom stereocenters. The van der Waals surface area contributed by atoms with E-state index in [9.17, 15) is 8.87 Å². The molecule has 0 N–H and O–H groups in total. The van der Waals surface area contributed by atoms with Crippen LogP contribution in [0.2, 0.25) is 0 Å². The summed E-state index contributed by atoms with van der Waals surface area (Å²) in [6.45, 7) is 0.265. The molecule has 1 atom stereocenters. The number of hydrogen-bond donors (Lipinski definition) is 0. The molecule has 3 heteroatoms. The number of hydrogen-bond acceptors (Lipinski definition) is 1. The van der Waals surface area contributed by atoms with Crippen LogP contribution in [0.15, 0.2) is 0 Å². The minimum absolute atomic E-state index is 0.236. The molecule has 0 aromatic rings. The number of rotatable bonds is 0. The summed E-state index contributed by atoms with van der Waals surface area (Å²) in [5, 5.41) is 0.236. The fourth-order valence-electron chi connectivity index (χ4n) is 0.691. The zero-order valence-electron chi connectivity index (χ0n) is 3.90. The molecule has 42 valence electrons. The van der Waals surface area contributed by atoms with E-state index in [4.69, 9.17) is 0 Å². The van der Waals surface area contributed by atoms with Crippen LogP contribution in [0.5, 0.6) is 0 Å². The van der Waals surface area contributed by atoms with Gasteiger partial charge < -0.3 is 0 Å². The fraction of sp³-hybridized carbons (Fsp3) is 1.00. The highest BCUT2D eigenvalue weighted by molar-refractivity contribution is 4.61. The lowest BCUT2D eigenvalue weighted by Gasteiger charge is -2.01. The topological polar surface area (TPSA) is 3.24 Å². The molecule has 1 aliphatic rings. The molecule has 7 heavy (non-hydrogen) atoms. The van der Waals surface area contributed by atoms with Gasteiger partial charge in [-0.25, -0.2) is 4.39 Å². The van der Waals surface area contributed by atoms with Gasteiger partial charge >= 0.3 is 0 Å². The summed E-state index contributed by atoms with van der Waals surface area (Å²) in [4.78, 5) is 0. The van der Waals surface area contributed by atoms with E-state index in [1.807, 2.05) is 0 Å². The van der Waals surface area contributed by atoms with E-state index in [-0.39, 0.29) is 11.7 Å². The second kappa shape index (κ2) is 1.74. The van der Waals surface area contributed by atoms with Gasteiger partial charge in [-0.3, -0.25) is 0 Å². The Labute approximate surface area is 40.9 Å². The number of halogens is 2. The SMILES string of the molecule is F[C@H]1CCCN1F. The largest absolute Gasteiger partial charge is 0.228 e. The Bertz CT molecular complexity index is 58.7. The van der Waals surface area contributed by atoms with E-state index in [0.29, 0.717) is 12.8 Å². The van der Waals surface area contributed by atoms with Crippen LogP contribution >= 0.6 is 0 Å². The van der Waals surface area contributed by atoms with Gasteiger partial charge in [-0.2, -0.15) is 0 Å². The van der Waals surface area contributed by atoms with Crippen molar-refractivity contribution in [3.8, 4) is 0 Å². The lowest BCUT2D eigenvalue weighted by molar-refractivity contribution is -0.0464. The summed E-state index contributed by atoms with van der Waals surface area (Å²) >= 11 is 0. The average Bonchev–Trinajstić information content (AvgIpc) is 1.91. The highest BCUT2D eigenvalue weighted by Gasteiger charge is 2.22. The van der Waals surface area contributed by atoms with Crippen molar-refractivity contribution in [1.29, 1.82) is 0 Å². The molecule has 0 spiro atoms. The summed E-state index contributed by atoms with van der Waals surface area (Å²) in [6, 6.07) is 0. The molecular weight excluding hydrogens is 100 g/mol. The zero-order chi connectivity index (χ0) is 5.28. The Morgan fingerprint density at radius 3 is 2.43 bits per heavy atom. The van der Waals surface area contributed by atoms with Crippen LogP contribution < -0.4 is 0 Å². The Morgan fingerprint density at radius 1 is 1.57 bits per heavy atom. The highest BCUT2D eigenvalue weighted by atomic mass is 19.2. The van der Waals surface area contributed by atoms with Gasteiger partial charge in [0.15, 0.2) is 6.30 Å². The average molecular weight is 107 g/mol. The molecule has 0 bridgehead atoms. The second-order valence-electron chi connectivity index (χ2n) is 1.70. The lowest BCUT2D eigenvalue weighted by atomic mass is 10.4. The maximum atomic E-state index is 11.9. The van der Waals surface area contributed by atoms with E-state index in [0.717, 1.165) is 0 Å². The van der Waals surface area contributed by atoms with Crippen molar-refractivity contribution >= 4 is 0 Å². The predicted octanol–water partition coefficient (Wildman–Crippen LogP) is 1.26. The van der Waals surface area contributed by atoms with Crippen LogP contribution in [-0.2, 0) is 0 Å². The molecule has 1 saturated heterocycles. The van der Waals surface area contributed by atoms with Crippen LogP contribution in [0, 0.1) is 0 Å². The minimum Gasteiger partial charge on any atom is -0.228 e. The van der Waals surface area contributed by atoms with Gasteiger partial charge in [-0.05, 0) is 12.8 Å². The molecule has 0 radical (unpaired) electrons. The molecule has 1 heterocycles. The van der Waals surface area contributed by atoms with E-state index in [1.54, 1.807) is 0 Å². The third kappa shape index (κ3) is 0.881. The molecule has 0 aromatic heterocycles. The summed E-state index contributed by atoms with van der Waals surface area (Å²) in [5.74, 6) is 0. The first-order valence-electron chi connectivity index (χ1n) is 2.37. The molecule has 0 amide bonds. The van der Waals surface area contributed by atoms with Crippen molar-refractivity contribution in [2.75, 3.05) is 6.54 Å². The van der Waals surface area contributed by atoms with Gasteiger partial charge in [0.25, 0.3) is 0 Å². The third-order valence-electron chi connectivity index (χ3n) is 1.12. The molecule has 1 fully saturated rings. The normalized spacial score (nSPS) is 34.3. The first-order chi connectivity index (χ1) is 3.30. The van der Waals surface area contributed by atoms with Gasteiger partial charge in [0.2, 0.25) is 0 Å². The van der Waals surface area contributed by atoms with Gasteiger partial charge in [0.1, 0.15) is 0 Å².